The Labute approximate surface area is 105 Å². The van der Waals surface area contributed by atoms with E-state index in [1.54, 1.807) is 6.07 Å². The first kappa shape index (κ1) is 12.4. The molecule has 0 aromatic heterocycles. The highest BCUT2D eigenvalue weighted by atomic mass is 16.3. The quantitative estimate of drug-likeness (QED) is 0.787. The van der Waals surface area contributed by atoms with E-state index in [4.69, 9.17) is 0 Å². The van der Waals surface area contributed by atoms with Crippen molar-refractivity contribution in [2.75, 3.05) is 5.32 Å². The summed E-state index contributed by atoms with van der Waals surface area (Å²) in [4.78, 5) is 23.6. The van der Waals surface area contributed by atoms with Crippen LogP contribution in [-0.4, -0.2) is 16.8 Å². The van der Waals surface area contributed by atoms with Gasteiger partial charge in [0.1, 0.15) is 11.3 Å². The van der Waals surface area contributed by atoms with Crippen LogP contribution in [-0.2, 0) is 9.59 Å². The van der Waals surface area contributed by atoms with E-state index in [1.165, 1.54) is 0 Å². The second-order valence-corrected chi connectivity index (χ2v) is 4.42. The molecular weight excluding hydrogens is 230 g/mol. The van der Waals surface area contributed by atoms with Crippen molar-refractivity contribution in [3.05, 3.63) is 41.2 Å². The van der Waals surface area contributed by atoms with Crippen LogP contribution in [0, 0.1) is 6.92 Å². The van der Waals surface area contributed by atoms with E-state index in [1.807, 2.05) is 25.1 Å². The summed E-state index contributed by atoms with van der Waals surface area (Å²) in [5.41, 5.74) is 1.54. The lowest BCUT2D eigenvalue weighted by atomic mass is 9.95. The molecule has 4 heteroatoms. The van der Waals surface area contributed by atoms with Crippen LogP contribution in [0.25, 0.3) is 0 Å². The molecule has 0 bridgehead atoms. The predicted molar refractivity (Wildman–Crippen MR) is 68.3 cm³/mol. The first-order valence-electron chi connectivity index (χ1n) is 5.91. The number of carbonyl (C=O) groups is 2. The van der Waals surface area contributed by atoms with Crippen molar-refractivity contribution in [3.8, 4) is 0 Å². The Morgan fingerprint density at radius 3 is 2.78 bits per heavy atom. The summed E-state index contributed by atoms with van der Waals surface area (Å²) in [6.07, 6.45) is 1.31. The third kappa shape index (κ3) is 2.59. The zero-order valence-electron chi connectivity index (χ0n) is 10.2. The molecule has 0 atom stereocenters. The van der Waals surface area contributed by atoms with Crippen LogP contribution < -0.4 is 5.32 Å². The fourth-order valence-electron chi connectivity index (χ4n) is 2.00. The molecule has 2 N–H and O–H groups in total. The summed E-state index contributed by atoms with van der Waals surface area (Å²) in [7, 11) is 0. The van der Waals surface area contributed by atoms with Crippen molar-refractivity contribution >= 4 is 17.4 Å². The molecule has 0 heterocycles. The van der Waals surface area contributed by atoms with E-state index in [2.05, 4.69) is 5.32 Å². The summed E-state index contributed by atoms with van der Waals surface area (Å²) in [6.45, 7) is 1.91. The molecule has 0 aliphatic heterocycles. The number of nitrogens with one attached hydrogen (secondary N) is 1. The zero-order valence-corrected chi connectivity index (χ0v) is 10.2. The van der Waals surface area contributed by atoms with Gasteiger partial charge in [0, 0.05) is 18.5 Å². The molecule has 1 amide bonds. The minimum atomic E-state index is -0.525. The Morgan fingerprint density at radius 1 is 1.33 bits per heavy atom. The number of allylic oxidation sites excluding steroid dienone is 1. The fraction of sp³-hybridized carbons (Fsp3) is 0.286. The average molecular weight is 245 g/mol. The normalized spacial score (nSPS) is 15.7. The highest BCUT2D eigenvalue weighted by Gasteiger charge is 2.26. The number of aryl methyl sites for hydroxylation is 1. The number of rotatable bonds is 2. The van der Waals surface area contributed by atoms with Gasteiger partial charge >= 0.3 is 0 Å². The van der Waals surface area contributed by atoms with Crippen LogP contribution in [0.5, 0.6) is 0 Å². The molecule has 0 unspecified atom stereocenters. The summed E-state index contributed by atoms with van der Waals surface area (Å²) < 4.78 is 0. The largest absolute Gasteiger partial charge is 0.511 e. The summed E-state index contributed by atoms with van der Waals surface area (Å²) in [5.74, 6) is -0.914. The second kappa shape index (κ2) is 5.04. The number of carbonyl (C=O) groups excluding carboxylic acids is 2. The van der Waals surface area contributed by atoms with Gasteiger partial charge in [-0.3, -0.25) is 9.59 Å². The zero-order chi connectivity index (χ0) is 13.1. The Balaban J connectivity index is 2.20. The predicted octanol–water partition coefficient (Wildman–Crippen LogP) is 2.50. The number of anilines is 1. The lowest BCUT2D eigenvalue weighted by Crippen LogP contribution is -2.24. The van der Waals surface area contributed by atoms with E-state index in [0.29, 0.717) is 24.9 Å². The molecule has 1 aliphatic carbocycles. The molecule has 2 rings (SSSR count). The van der Waals surface area contributed by atoms with E-state index in [-0.39, 0.29) is 17.1 Å². The number of hydrogen-bond donors (Lipinski definition) is 2. The number of hydrogen-bond acceptors (Lipinski definition) is 3. The summed E-state index contributed by atoms with van der Waals surface area (Å²) in [5, 5.41) is 12.3. The lowest BCUT2D eigenvalue weighted by Gasteiger charge is -2.14. The number of ketones is 1. The minimum absolute atomic E-state index is 0.0947. The maximum Gasteiger partial charge on any atom is 0.262 e. The van der Waals surface area contributed by atoms with Gasteiger partial charge in [0.05, 0.1) is 0 Å². The van der Waals surface area contributed by atoms with Gasteiger partial charge in [0.15, 0.2) is 5.78 Å². The molecule has 0 spiro atoms. The van der Waals surface area contributed by atoms with Gasteiger partial charge in [0.25, 0.3) is 5.91 Å². The average Bonchev–Trinajstić information content (AvgIpc) is 2.28. The maximum atomic E-state index is 11.9. The van der Waals surface area contributed by atoms with Crippen molar-refractivity contribution in [2.45, 2.75) is 26.2 Å². The monoisotopic (exact) mass is 245 g/mol. The Morgan fingerprint density at radius 2 is 2.11 bits per heavy atom. The van der Waals surface area contributed by atoms with Crippen LogP contribution in [0.3, 0.4) is 0 Å². The van der Waals surface area contributed by atoms with Crippen molar-refractivity contribution in [3.63, 3.8) is 0 Å². The Hall–Kier alpha value is -2.10. The molecular formula is C14H15NO3. The number of benzene rings is 1. The van der Waals surface area contributed by atoms with Crippen LogP contribution in [0.4, 0.5) is 5.69 Å². The molecule has 1 aliphatic rings. The lowest BCUT2D eigenvalue weighted by molar-refractivity contribution is -0.121. The smallest absolute Gasteiger partial charge is 0.262 e. The Bertz CT molecular complexity index is 532. The second-order valence-electron chi connectivity index (χ2n) is 4.42. The van der Waals surface area contributed by atoms with Crippen LogP contribution in [0.2, 0.25) is 0 Å². The van der Waals surface area contributed by atoms with Gasteiger partial charge < -0.3 is 10.4 Å². The molecule has 0 radical (unpaired) electrons. The highest BCUT2D eigenvalue weighted by molar-refractivity contribution is 6.24. The SMILES string of the molecule is Cc1cccc(NC(=O)C2=C(O)CCCC2=O)c1. The molecule has 4 nitrogen and oxygen atoms in total. The molecule has 0 saturated heterocycles. The third-order valence-corrected chi connectivity index (χ3v) is 2.89. The van der Waals surface area contributed by atoms with Crippen LogP contribution in [0.15, 0.2) is 35.6 Å². The van der Waals surface area contributed by atoms with Gasteiger partial charge in [0.2, 0.25) is 0 Å². The van der Waals surface area contributed by atoms with E-state index >= 15 is 0 Å². The van der Waals surface area contributed by atoms with Crippen molar-refractivity contribution in [1.82, 2.24) is 0 Å². The van der Waals surface area contributed by atoms with Crippen molar-refractivity contribution < 1.29 is 14.7 Å². The van der Waals surface area contributed by atoms with Gasteiger partial charge in [-0.25, -0.2) is 0 Å². The fourth-order valence-corrected chi connectivity index (χ4v) is 2.00. The Kier molecular flexibility index (Phi) is 3.46. The molecule has 18 heavy (non-hydrogen) atoms. The van der Waals surface area contributed by atoms with Gasteiger partial charge in [-0.2, -0.15) is 0 Å². The molecule has 0 saturated carbocycles. The highest BCUT2D eigenvalue weighted by Crippen LogP contribution is 2.21. The number of aliphatic hydroxyl groups is 1. The minimum Gasteiger partial charge on any atom is -0.511 e. The van der Waals surface area contributed by atoms with Gasteiger partial charge in [-0.15, -0.1) is 0 Å². The van der Waals surface area contributed by atoms with Crippen LogP contribution >= 0.6 is 0 Å². The maximum absolute atomic E-state index is 11.9. The van der Waals surface area contributed by atoms with Crippen molar-refractivity contribution in [1.29, 1.82) is 0 Å². The van der Waals surface area contributed by atoms with E-state index in [0.717, 1.165) is 5.56 Å². The van der Waals surface area contributed by atoms with Crippen LogP contribution in [0.1, 0.15) is 24.8 Å². The molecule has 0 fully saturated rings. The molecule has 1 aromatic carbocycles. The first-order valence-corrected chi connectivity index (χ1v) is 5.91. The van der Waals surface area contributed by atoms with Gasteiger partial charge in [-0.05, 0) is 31.0 Å². The molecule has 94 valence electrons. The van der Waals surface area contributed by atoms with E-state index in [9.17, 15) is 14.7 Å². The van der Waals surface area contributed by atoms with Gasteiger partial charge in [-0.1, -0.05) is 12.1 Å². The third-order valence-electron chi connectivity index (χ3n) is 2.89. The first-order chi connectivity index (χ1) is 8.58. The summed E-state index contributed by atoms with van der Waals surface area (Å²) >= 11 is 0. The number of amides is 1. The number of aliphatic hydroxyl groups excluding tert-OH is 1. The van der Waals surface area contributed by atoms with E-state index < -0.39 is 5.91 Å². The van der Waals surface area contributed by atoms with Crippen molar-refractivity contribution in [2.24, 2.45) is 0 Å². The topological polar surface area (TPSA) is 66.4 Å². The standard InChI is InChI=1S/C14H15NO3/c1-9-4-2-5-10(8-9)15-14(18)13-11(16)6-3-7-12(13)17/h2,4-5,8,16H,3,6-7H2,1H3,(H,15,18). The summed E-state index contributed by atoms with van der Waals surface area (Å²) in [6, 6.07) is 7.29. The number of Topliss-reactive ketones (excluding diaryl/α,β-unsaturated/α-hetero) is 1. The molecule has 1 aromatic rings.